The highest BCUT2D eigenvalue weighted by molar-refractivity contribution is 5.95. The molecule has 1 saturated heterocycles. The lowest BCUT2D eigenvalue weighted by atomic mass is 10.1. The summed E-state index contributed by atoms with van der Waals surface area (Å²) in [5, 5.41) is 2.63. The van der Waals surface area contributed by atoms with Gasteiger partial charge in [0.05, 0.1) is 19.4 Å². The monoisotopic (exact) mass is 346 g/mol. The van der Waals surface area contributed by atoms with Crippen LogP contribution in [0.15, 0.2) is 47.1 Å². The number of furan rings is 1. The number of morpholine rings is 1. The molecule has 0 radical (unpaired) electrons. The van der Waals surface area contributed by atoms with Crippen molar-refractivity contribution in [1.29, 1.82) is 0 Å². The van der Waals surface area contributed by atoms with E-state index in [0.29, 0.717) is 19.7 Å². The zero-order chi connectivity index (χ0) is 17.8. The molecule has 7 heteroatoms. The average molecular weight is 346 g/mol. The third-order valence-electron chi connectivity index (χ3n) is 4.08. The fourth-order valence-electron chi connectivity index (χ4n) is 2.74. The van der Waals surface area contributed by atoms with E-state index in [0.717, 1.165) is 5.56 Å². The van der Waals surface area contributed by atoms with E-state index >= 15 is 0 Å². The highest BCUT2D eigenvalue weighted by atomic mass is 19.1. The van der Waals surface area contributed by atoms with E-state index in [2.05, 4.69) is 5.32 Å². The van der Waals surface area contributed by atoms with Crippen LogP contribution in [0, 0.1) is 5.82 Å². The Morgan fingerprint density at radius 3 is 2.72 bits per heavy atom. The number of carbonyl (C=O) groups is 2. The number of halogens is 1. The van der Waals surface area contributed by atoms with E-state index < -0.39 is 11.9 Å². The van der Waals surface area contributed by atoms with Gasteiger partial charge in [0.2, 0.25) is 5.91 Å². The number of ether oxygens (including phenoxy) is 1. The lowest BCUT2D eigenvalue weighted by Gasteiger charge is -2.34. The SMILES string of the molecule is CC(NC(=O)c1ccco1)C(=O)N1CCOC(c2ccc(F)cc2)C1. The number of hydrogen-bond donors (Lipinski definition) is 1. The Balaban J connectivity index is 1.61. The maximum Gasteiger partial charge on any atom is 0.287 e. The maximum atomic E-state index is 13.0. The molecule has 3 rings (SSSR count). The van der Waals surface area contributed by atoms with E-state index in [-0.39, 0.29) is 23.6 Å². The minimum absolute atomic E-state index is 0.158. The van der Waals surface area contributed by atoms with Crippen LogP contribution in [0.4, 0.5) is 4.39 Å². The van der Waals surface area contributed by atoms with Gasteiger partial charge in [-0.2, -0.15) is 0 Å². The van der Waals surface area contributed by atoms with Crippen molar-refractivity contribution in [2.45, 2.75) is 19.1 Å². The summed E-state index contributed by atoms with van der Waals surface area (Å²) in [5.41, 5.74) is 0.811. The molecule has 2 atom stereocenters. The fourth-order valence-corrected chi connectivity index (χ4v) is 2.74. The summed E-state index contributed by atoms with van der Waals surface area (Å²) in [6.07, 6.45) is 1.09. The number of nitrogens with zero attached hydrogens (tertiary/aromatic N) is 1. The second kappa shape index (κ2) is 7.48. The van der Waals surface area contributed by atoms with Crippen molar-refractivity contribution in [3.8, 4) is 0 Å². The maximum absolute atomic E-state index is 13.0. The van der Waals surface area contributed by atoms with Gasteiger partial charge < -0.3 is 19.4 Å². The van der Waals surface area contributed by atoms with E-state index in [1.54, 1.807) is 30.0 Å². The van der Waals surface area contributed by atoms with Gasteiger partial charge in [0.25, 0.3) is 5.91 Å². The first-order valence-electron chi connectivity index (χ1n) is 8.05. The minimum atomic E-state index is -0.690. The number of carbonyl (C=O) groups excluding carboxylic acids is 2. The van der Waals surface area contributed by atoms with Gasteiger partial charge in [-0.15, -0.1) is 0 Å². The highest BCUT2D eigenvalue weighted by Crippen LogP contribution is 2.23. The van der Waals surface area contributed by atoms with Gasteiger partial charge in [0, 0.05) is 6.54 Å². The molecule has 0 bridgehead atoms. The van der Waals surface area contributed by atoms with Crippen molar-refractivity contribution < 1.29 is 23.1 Å². The molecular formula is C18H19FN2O4. The van der Waals surface area contributed by atoms with Crippen molar-refractivity contribution in [1.82, 2.24) is 10.2 Å². The van der Waals surface area contributed by atoms with Crippen molar-refractivity contribution >= 4 is 11.8 Å². The zero-order valence-corrected chi connectivity index (χ0v) is 13.8. The Hall–Kier alpha value is -2.67. The number of benzene rings is 1. The fraction of sp³-hybridized carbons (Fsp3) is 0.333. The van der Waals surface area contributed by atoms with Crippen molar-refractivity contribution in [3.05, 3.63) is 59.8 Å². The number of rotatable bonds is 4. The molecule has 1 aromatic heterocycles. The highest BCUT2D eigenvalue weighted by Gasteiger charge is 2.29. The quantitative estimate of drug-likeness (QED) is 0.921. The zero-order valence-electron chi connectivity index (χ0n) is 13.8. The second-order valence-corrected chi connectivity index (χ2v) is 5.87. The summed E-state index contributed by atoms with van der Waals surface area (Å²) in [7, 11) is 0. The van der Waals surface area contributed by atoms with Crippen molar-refractivity contribution in [2.75, 3.05) is 19.7 Å². The van der Waals surface area contributed by atoms with E-state index in [1.165, 1.54) is 24.5 Å². The molecule has 6 nitrogen and oxygen atoms in total. The van der Waals surface area contributed by atoms with Gasteiger partial charge >= 0.3 is 0 Å². The van der Waals surface area contributed by atoms with Gasteiger partial charge in [0.15, 0.2) is 5.76 Å². The van der Waals surface area contributed by atoms with Crippen LogP contribution in [0.3, 0.4) is 0 Å². The van der Waals surface area contributed by atoms with Gasteiger partial charge in [-0.25, -0.2) is 4.39 Å². The van der Waals surface area contributed by atoms with E-state index in [9.17, 15) is 14.0 Å². The summed E-state index contributed by atoms with van der Waals surface area (Å²) >= 11 is 0. The molecule has 1 fully saturated rings. The second-order valence-electron chi connectivity index (χ2n) is 5.87. The molecule has 0 aliphatic carbocycles. The average Bonchev–Trinajstić information content (AvgIpc) is 3.16. The molecule has 1 N–H and O–H groups in total. The number of nitrogens with one attached hydrogen (secondary N) is 1. The van der Waals surface area contributed by atoms with Crippen LogP contribution in [-0.2, 0) is 9.53 Å². The molecule has 0 saturated carbocycles. The Kier molecular flexibility index (Phi) is 5.14. The van der Waals surface area contributed by atoms with Crippen molar-refractivity contribution in [3.63, 3.8) is 0 Å². The van der Waals surface area contributed by atoms with Gasteiger partial charge in [-0.1, -0.05) is 12.1 Å². The van der Waals surface area contributed by atoms with Crippen LogP contribution in [0.2, 0.25) is 0 Å². The molecule has 1 aliphatic rings. The topological polar surface area (TPSA) is 71.8 Å². The van der Waals surface area contributed by atoms with Gasteiger partial charge in [-0.3, -0.25) is 9.59 Å². The van der Waals surface area contributed by atoms with Crippen LogP contribution in [0.25, 0.3) is 0 Å². The molecule has 2 aromatic rings. The van der Waals surface area contributed by atoms with Gasteiger partial charge in [-0.05, 0) is 36.8 Å². The van der Waals surface area contributed by atoms with Crippen molar-refractivity contribution in [2.24, 2.45) is 0 Å². The van der Waals surface area contributed by atoms with Crippen LogP contribution in [0.1, 0.15) is 29.1 Å². The lowest BCUT2D eigenvalue weighted by Crippen LogP contribution is -2.51. The first-order valence-corrected chi connectivity index (χ1v) is 8.05. The molecule has 1 aliphatic heterocycles. The molecule has 2 heterocycles. The predicted octanol–water partition coefficient (Wildman–Crippen LogP) is 2.14. The molecule has 2 amide bonds. The summed E-state index contributed by atoms with van der Waals surface area (Å²) < 4.78 is 23.8. The van der Waals surface area contributed by atoms with E-state index in [1.807, 2.05) is 0 Å². The first kappa shape index (κ1) is 17.2. The summed E-state index contributed by atoms with van der Waals surface area (Å²) in [6.45, 7) is 2.81. The largest absolute Gasteiger partial charge is 0.459 e. The molecule has 132 valence electrons. The van der Waals surface area contributed by atoms with Gasteiger partial charge in [0.1, 0.15) is 18.0 Å². The molecule has 0 spiro atoms. The number of hydrogen-bond acceptors (Lipinski definition) is 4. The lowest BCUT2D eigenvalue weighted by molar-refractivity contribution is -0.140. The number of amides is 2. The molecule has 1 aromatic carbocycles. The van der Waals surface area contributed by atoms with E-state index in [4.69, 9.17) is 9.15 Å². The molecule has 25 heavy (non-hydrogen) atoms. The first-order chi connectivity index (χ1) is 12.0. The van der Waals surface area contributed by atoms with Crippen LogP contribution in [0.5, 0.6) is 0 Å². The van der Waals surface area contributed by atoms with Crippen LogP contribution in [-0.4, -0.2) is 42.5 Å². The Labute approximate surface area is 144 Å². The third kappa shape index (κ3) is 4.06. The summed E-state index contributed by atoms with van der Waals surface area (Å²) in [4.78, 5) is 26.2. The molecular weight excluding hydrogens is 327 g/mol. The van der Waals surface area contributed by atoms with Crippen LogP contribution < -0.4 is 5.32 Å². The van der Waals surface area contributed by atoms with Crippen LogP contribution >= 0.6 is 0 Å². The Bertz CT molecular complexity index is 730. The predicted molar refractivity (Wildman–Crippen MR) is 87.3 cm³/mol. The molecule has 2 unspecified atom stereocenters. The standard InChI is InChI=1S/C18H19FN2O4/c1-12(20-17(22)15-3-2-9-24-15)18(23)21-8-10-25-16(11-21)13-4-6-14(19)7-5-13/h2-7,9,12,16H,8,10-11H2,1H3,(H,20,22). The summed E-state index contributed by atoms with van der Waals surface area (Å²) in [6, 6.07) is 8.48. The smallest absolute Gasteiger partial charge is 0.287 e. The third-order valence-corrected chi connectivity index (χ3v) is 4.08. The normalized spacial score (nSPS) is 18.6. The minimum Gasteiger partial charge on any atom is -0.459 e. The Morgan fingerprint density at radius 2 is 2.04 bits per heavy atom. The summed E-state index contributed by atoms with van der Waals surface area (Å²) in [5.74, 6) is -0.794. The Morgan fingerprint density at radius 1 is 1.28 bits per heavy atom.